The topological polar surface area (TPSA) is 120 Å². The summed E-state index contributed by atoms with van der Waals surface area (Å²) in [6, 6.07) is 0. The number of nitrogens with zero attached hydrogens (tertiary/aromatic N) is 7. The van der Waals surface area contributed by atoms with Crippen LogP contribution in [0.25, 0.3) is 5.95 Å². The summed E-state index contributed by atoms with van der Waals surface area (Å²) in [5, 5.41) is 9.81. The Morgan fingerprint density at radius 1 is 1.32 bits per heavy atom. The molecule has 3 aromatic rings. The first-order valence-electron chi connectivity index (χ1n) is 5.30. The Morgan fingerprint density at radius 3 is 3.00 bits per heavy atom. The zero-order chi connectivity index (χ0) is 13.1. The number of nitrogens with two attached hydrogens (primary N) is 1. The second-order valence-corrected chi connectivity index (χ2v) is 4.42. The third-order valence-electron chi connectivity index (χ3n) is 2.15. The number of nitrogen functional groups attached to an aromatic ring is 1. The lowest BCUT2D eigenvalue weighted by molar-refractivity contribution is 0.797. The van der Waals surface area contributed by atoms with Crippen LogP contribution in [0.3, 0.4) is 0 Å². The highest BCUT2D eigenvalue weighted by Gasteiger charge is 2.07. The van der Waals surface area contributed by atoms with Gasteiger partial charge in [0.25, 0.3) is 5.95 Å². The maximum Gasteiger partial charge on any atom is 0.258 e. The Hall–Kier alpha value is -2.62. The van der Waals surface area contributed by atoms with Crippen LogP contribution in [0.2, 0.25) is 0 Å². The third-order valence-corrected chi connectivity index (χ3v) is 2.93. The number of hydrogen-bond donors (Lipinski definition) is 2. The molecule has 3 aromatic heterocycles. The minimum atomic E-state index is 0.113. The van der Waals surface area contributed by atoms with Crippen LogP contribution < -0.4 is 11.1 Å². The molecule has 10 heteroatoms. The Morgan fingerprint density at radius 2 is 2.26 bits per heavy atom. The molecule has 0 aliphatic carbocycles. The van der Waals surface area contributed by atoms with Crippen molar-refractivity contribution in [3.05, 3.63) is 29.2 Å². The van der Waals surface area contributed by atoms with Crippen molar-refractivity contribution < 1.29 is 0 Å². The highest BCUT2D eigenvalue weighted by molar-refractivity contribution is 7.09. The van der Waals surface area contributed by atoms with E-state index in [4.69, 9.17) is 5.73 Å². The molecular weight excluding hydrogens is 266 g/mol. The van der Waals surface area contributed by atoms with Crippen molar-refractivity contribution in [2.45, 2.75) is 6.54 Å². The normalized spacial score (nSPS) is 10.5. The van der Waals surface area contributed by atoms with Crippen molar-refractivity contribution in [3.63, 3.8) is 0 Å². The van der Waals surface area contributed by atoms with Gasteiger partial charge in [0.1, 0.15) is 17.7 Å². The molecule has 0 aromatic carbocycles. The van der Waals surface area contributed by atoms with E-state index in [-0.39, 0.29) is 5.95 Å². The lowest BCUT2D eigenvalue weighted by atomic mass is 10.6. The zero-order valence-electron chi connectivity index (χ0n) is 9.63. The number of thiazole rings is 1. The summed E-state index contributed by atoms with van der Waals surface area (Å²) in [5.41, 5.74) is 5.64. The smallest absolute Gasteiger partial charge is 0.258 e. The molecule has 96 valence electrons. The van der Waals surface area contributed by atoms with Gasteiger partial charge < -0.3 is 11.1 Å². The number of hydrogen-bond acceptors (Lipinski definition) is 9. The minimum Gasteiger partial charge on any atom is -0.368 e. The Labute approximate surface area is 111 Å². The van der Waals surface area contributed by atoms with Crippen molar-refractivity contribution in [2.75, 3.05) is 11.1 Å². The van der Waals surface area contributed by atoms with Crippen molar-refractivity contribution in [1.82, 2.24) is 34.7 Å². The molecular formula is C9H9N9S. The van der Waals surface area contributed by atoms with Crippen LogP contribution in [0, 0.1) is 0 Å². The van der Waals surface area contributed by atoms with Gasteiger partial charge >= 0.3 is 0 Å². The van der Waals surface area contributed by atoms with Crippen LogP contribution in [-0.4, -0.2) is 34.7 Å². The van der Waals surface area contributed by atoms with Crippen molar-refractivity contribution in [1.29, 1.82) is 0 Å². The largest absolute Gasteiger partial charge is 0.368 e. The Kier molecular flexibility index (Phi) is 2.98. The number of aromatic nitrogens is 7. The lowest BCUT2D eigenvalue weighted by Gasteiger charge is -2.05. The van der Waals surface area contributed by atoms with Crippen molar-refractivity contribution >= 4 is 23.2 Å². The van der Waals surface area contributed by atoms with Crippen LogP contribution in [0.15, 0.2) is 24.2 Å². The van der Waals surface area contributed by atoms with Gasteiger partial charge in [0.15, 0.2) is 0 Å². The number of anilines is 2. The summed E-state index contributed by atoms with van der Waals surface area (Å²) >= 11 is 1.54. The third kappa shape index (κ3) is 2.63. The van der Waals surface area contributed by atoms with Gasteiger partial charge in [0, 0.05) is 11.6 Å². The fraction of sp³-hybridized carbons (Fsp3) is 0.111. The predicted octanol–water partition coefficient (Wildman–Crippen LogP) is 0.103. The second-order valence-electron chi connectivity index (χ2n) is 3.44. The molecule has 0 radical (unpaired) electrons. The van der Waals surface area contributed by atoms with Gasteiger partial charge in [-0.15, -0.1) is 11.3 Å². The summed E-state index contributed by atoms with van der Waals surface area (Å²) in [6.07, 6.45) is 4.62. The van der Waals surface area contributed by atoms with E-state index in [1.807, 2.05) is 5.38 Å². The average molecular weight is 275 g/mol. The van der Waals surface area contributed by atoms with Gasteiger partial charge in [-0.05, 0) is 0 Å². The first kappa shape index (κ1) is 11.5. The van der Waals surface area contributed by atoms with E-state index in [9.17, 15) is 0 Å². The highest BCUT2D eigenvalue weighted by Crippen LogP contribution is 2.09. The molecule has 0 aliphatic heterocycles. The molecule has 3 rings (SSSR count). The van der Waals surface area contributed by atoms with Gasteiger partial charge in [-0.25, -0.2) is 9.97 Å². The standard InChI is InChI=1S/C9H9N9S/c10-7-15-8(13-3-6-12-1-2-19-6)17-9(16-7)18-5-11-4-14-18/h1-2,4-5H,3H2,(H3,10,13,15,16,17). The minimum absolute atomic E-state index is 0.113. The molecule has 0 bridgehead atoms. The summed E-state index contributed by atoms with van der Waals surface area (Å²) < 4.78 is 1.41. The molecule has 0 atom stereocenters. The van der Waals surface area contributed by atoms with E-state index >= 15 is 0 Å². The van der Waals surface area contributed by atoms with Gasteiger partial charge in [0.2, 0.25) is 11.9 Å². The first-order valence-corrected chi connectivity index (χ1v) is 6.18. The Balaban J connectivity index is 1.82. The molecule has 0 spiro atoms. The number of rotatable bonds is 4. The maximum absolute atomic E-state index is 5.64. The van der Waals surface area contributed by atoms with E-state index in [1.54, 1.807) is 17.5 Å². The van der Waals surface area contributed by atoms with Crippen LogP contribution >= 0.6 is 11.3 Å². The van der Waals surface area contributed by atoms with Crippen LogP contribution in [0.4, 0.5) is 11.9 Å². The molecule has 0 aliphatic rings. The molecule has 3 heterocycles. The molecule has 9 nitrogen and oxygen atoms in total. The lowest BCUT2D eigenvalue weighted by Crippen LogP contribution is -2.11. The zero-order valence-corrected chi connectivity index (χ0v) is 10.4. The van der Waals surface area contributed by atoms with E-state index in [1.165, 1.54) is 17.3 Å². The van der Waals surface area contributed by atoms with Crippen molar-refractivity contribution in [2.24, 2.45) is 0 Å². The van der Waals surface area contributed by atoms with Gasteiger partial charge in [0.05, 0.1) is 6.54 Å². The van der Waals surface area contributed by atoms with E-state index in [2.05, 4.69) is 35.3 Å². The maximum atomic E-state index is 5.64. The second kappa shape index (κ2) is 4.94. The van der Waals surface area contributed by atoms with Gasteiger partial charge in [-0.3, -0.25) is 0 Å². The molecule has 0 fully saturated rings. The fourth-order valence-electron chi connectivity index (χ4n) is 1.37. The van der Waals surface area contributed by atoms with E-state index in [0.29, 0.717) is 18.4 Å². The van der Waals surface area contributed by atoms with E-state index in [0.717, 1.165) is 5.01 Å². The van der Waals surface area contributed by atoms with E-state index < -0.39 is 0 Å². The van der Waals surface area contributed by atoms with Crippen LogP contribution in [-0.2, 0) is 6.54 Å². The molecule has 3 N–H and O–H groups in total. The summed E-state index contributed by atoms with van der Waals surface area (Å²) in [6.45, 7) is 0.526. The molecule has 0 saturated carbocycles. The SMILES string of the molecule is Nc1nc(NCc2nccs2)nc(-n2cncn2)n1. The molecule has 0 saturated heterocycles. The van der Waals surface area contributed by atoms with Crippen molar-refractivity contribution in [3.8, 4) is 5.95 Å². The average Bonchev–Trinajstić information content (AvgIpc) is 3.09. The van der Waals surface area contributed by atoms with Gasteiger partial charge in [-0.2, -0.15) is 24.7 Å². The molecule has 0 unspecified atom stereocenters. The Bertz CT molecular complexity index is 648. The van der Waals surface area contributed by atoms with Crippen LogP contribution in [0.5, 0.6) is 0 Å². The summed E-state index contributed by atoms with van der Waals surface area (Å²) in [4.78, 5) is 20.2. The molecule has 19 heavy (non-hydrogen) atoms. The van der Waals surface area contributed by atoms with Crippen LogP contribution in [0.1, 0.15) is 5.01 Å². The summed E-state index contributed by atoms with van der Waals surface area (Å²) in [5.74, 6) is 0.793. The van der Waals surface area contributed by atoms with Gasteiger partial charge in [-0.1, -0.05) is 0 Å². The fourth-order valence-corrected chi connectivity index (χ4v) is 1.92. The first-order chi connectivity index (χ1) is 9.31. The summed E-state index contributed by atoms with van der Waals surface area (Å²) in [7, 11) is 0. The quantitative estimate of drug-likeness (QED) is 0.688. The molecule has 0 amide bonds. The predicted molar refractivity (Wildman–Crippen MR) is 68.6 cm³/mol. The monoisotopic (exact) mass is 275 g/mol. The number of nitrogens with one attached hydrogen (secondary N) is 1. The highest BCUT2D eigenvalue weighted by atomic mass is 32.1.